The van der Waals surface area contributed by atoms with Gasteiger partial charge in [0.2, 0.25) is 0 Å². The number of aliphatic hydroxyl groups is 1. The highest BCUT2D eigenvalue weighted by atomic mass is 35.5. The summed E-state index contributed by atoms with van der Waals surface area (Å²) in [7, 11) is -3.51. The molecule has 0 aromatic heterocycles. The quantitative estimate of drug-likeness (QED) is 0.367. The maximum atomic E-state index is 14.5. The highest BCUT2D eigenvalue weighted by Crippen LogP contribution is 2.45. The molecule has 0 saturated carbocycles. The van der Waals surface area contributed by atoms with Gasteiger partial charge in [-0.05, 0) is 60.5 Å². The van der Waals surface area contributed by atoms with Crippen molar-refractivity contribution in [3.8, 4) is 5.75 Å². The van der Waals surface area contributed by atoms with Gasteiger partial charge in [0.15, 0.2) is 9.84 Å². The molecule has 2 unspecified atom stereocenters. The zero-order valence-electron chi connectivity index (χ0n) is 24.0. The molecule has 0 spiro atoms. The van der Waals surface area contributed by atoms with Crippen molar-refractivity contribution in [2.24, 2.45) is 4.99 Å². The van der Waals surface area contributed by atoms with Crippen LogP contribution in [0.3, 0.4) is 0 Å². The maximum absolute atomic E-state index is 14.5. The van der Waals surface area contributed by atoms with Gasteiger partial charge in [0.25, 0.3) is 0 Å². The lowest BCUT2D eigenvalue weighted by molar-refractivity contribution is 0.108. The monoisotopic (exact) mass is 644 g/mol. The van der Waals surface area contributed by atoms with Crippen LogP contribution in [0.25, 0.3) is 0 Å². The Morgan fingerprint density at radius 2 is 1.56 bits per heavy atom. The highest BCUT2D eigenvalue weighted by molar-refractivity contribution is 7.90. The number of amides is 2. The number of β-amino-alcohol motifs (C(OH)–C–C–N with tert-alkyl or cyclic N) is 1. The summed E-state index contributed by atoms with van der Waals surface area (Å²) >= 11 is 12.5. The third-order valence-electron chi connectivity index (χ3n) is 7.68. The molecule has 1 fully saturated rings. The average Bonchev–Trinajstić information content (AvgIpc) is 3.38. The van der Waals surface area contributed by atoms with Gasteiger partial charge in [0, 0.05) is 49.0 Å². The van der Waals surface area contributed by atoms with Crippen LogP contribution in [0, 0.1) is 0 Å². The molecule has 3 aromatic rings. The molecular weight excluding hydrogens is 611 g/mol. The molecule has 9 nitrogen and oxygen atoms in total. The largest absolute Gasteiger partial charge is 0.493 e. The van der Waals surface area contributed by atoms with Crippen LogP contribution in [0.5, 0.6) is 5.75 Å². The Morgan fingerprint density at radius 1 is 0.953 bits per heavy atom. The molecule has 12 heteroatoms. The number of carbonyl (C=O) groups is 1. The van der Waals surface area contributed by atoms with Gasteiger partial charge >= 0.3 is 6.03 Å². The minimum atomic E-state index is -3.51. The van der Waals surface area contributed by atoms with Gasteiger partial charge in [0.1, 0.15) is 17.6 Å². The minimum Gasteiger partial charge on any atom is -0.493 e. The summed E-state index contributed by atoms with van der Waals surface area (Å²) in [6, 6.07) is 18.1. The Bertz CT molecular complexity index is 1590. The Kier molecular flexibility index (Phi) is 9.63. The fourth-order valence-electron chi connectivity index (χ4n) is 5.50. The molecule has 0 bridgehead atoms. The van der Waals surface area contributed by atoms with E-state index in [4.69, 9.17) is 32.9 Å². The molecule has 2 aliphatic rings. The summed E-state index contributed by atoms with van der Waals surface area (Å²) in [4.78, 5) is 25.4. The van der Waals surface area contributed by atoms with Crippen LogP contribution in [-0.2, 0) is 9.84 Å². The first-order valence-corrected chi connectivity index (χ1v) is 16.7. The van der Waals surface area contributed by atoms with Gasteiger partial charge in [0.05, 0.1) is 29.7 Å². The number of hydrogen-bond acceptors (Lipinski definition) is 7. The smallest absolute Gasteiger partial charge is 0.326 e. The number of urea groups is 1. The molecule has 1 saturated heterocycles. The number of piperazine rings is 1. The number of rotatable bonds is 8. The van der Waals surface area contributed by atoms with Crippen LogP contribution in [0.4, 0.5) is 4.79 Å². The van der Waals surface area contributed by atoms with Gasteiger partial charge in [-0.2, -0.15) is 0 Å². The number of aliphatic imine (C=N–C) groups is 1. The fourth-order valence-corrected chi connectivity index (χ4v) is 6.39. The van der Waals surface area contributed by atoms with E-state index in [1.807, 2.05) is 31.2 Å². The first kappa shape index (κ1) is 31.3. The molecule has 228 valence electrons. The standard InChI is InChI=1S/C31H34Cl2N4O5S/c1-3-42-27-20-25(43(2,40)41)12-13-26(27)30-34-28(21-4-8-23(32)9-5-21)29(22-6-10-24(33)11-7-22)37(30)31(39)36-16-14-35(15-17-36)18-19-38/h4-13,20,28-29,38H,3,14-19H2,1-2H3. The normalized spacial score (nSPS) is 19.4. The number of hydrogen-bond donors (Lipinski definition) is 1. The van der Waals surface area contributed by atoms with E-state index in [1.165, 1.54) is 12.1 Å². The number of aliphatic hydroxyl groups excluding tert-OH is 1. The molecule has 2 atom stereocenters. The van der Waals surface area contributed by atoms with Gasteiger partial charge in [-0.25, -0.2) is 13.2 Å². The molecule has 0 aliphatic carbocycles. The van der Waals surface area contributed by atoms with E-state index in [0.29, 0.717) is 59.9 Å². The van der Waals surface area contributed by atoms with Gasteiger partial charge in [-0.1, -0.05) is 47.5 Å². The summed E-state index contributed by atoms with van der Waals surface area (Å²) in [6.07, 6.45) is 1.14. The Hall–Kier alpha value is -3.15. The Balaban J connectivity index is 1.67. The molecule has 0 radical (unpaired) electrons. The van der Waals surface area contributed by atoms with E-state index in [2.05, 4.69) is 4.90 Å². The third kappa shape index (κ3) is 6.84. The highest BCUT2D eigenvalue weighted by Gasteiger charge is 2.45. The van der Waals surface area contributed by atoms with Gasteiger partial charge < -0.3 is 14.7 Å². The van der Waals surface area contributed by atoms with E-state index in [9.17, 15) is 18.3 Å². The molecule has 3 aromatic carbocycles. The van der Waals surface area contributed by atoms with Crippen LogP contribution in [0.15, 0.2) is 76.6 Å². The molecule has 2 aliphatic heterocycles. The van der Waals surface area contributed by atoms with Crippen molar-refractivity contribution >= 4 is 44.9 Å². The average molecular weight is 646 g/mol. The van der Waals surface area contributed by atoms with Crippen molar-refractivity contribution in [2.75, 3.05) is 52.2 Å². The van der Waals surface area contributed by atoms with Gasteiger partial charge in [-0.3, -0.25) is 14.8 Å². The minimum absolute atomic E-state index is 0.0575. The first-order valence-electron chi connectivity index (χ1n) is 14.1. The number of benzene rings is 3. The van der Waals surface area contributed by atoms with E-state index in [0.717, 1.165) is 17.4 Å². The van der Waals surface area contributed by atoms with E-state index >= 15 is 0 Å². The zero-order chi connectivity index (χ0) is 30.7. The van der Waals surface area contributed by atoms with Crippen molar-refractivity contribution in [1.29, 1.82) is 0 Å². The lowest BCUT2D eigenvalue weighted by Gasteiger charge is -2.39. The van der Waals surface area contributed by atoms with Crippen molar-refractivity contribution < 1.29 is 23.1 Å². The lowest BCUT2D eigenvalue weighted by atomic mass is 9.93. The molecule has 2 amide bonds. The van der Waals surface area contributed by atoms with Crippen LogP contribution in [0.2, 0.25) is 10.0 Å². The van der Waals surface area contributed by atoms with E-state index in [-0.39, 0.29) is 24.1 Å². The summed E-state index contributed by atoms with van der Waals surface area (Å²) < 4.78 is 30.8. The third-order valence-corrected chi connectivity index (χ3v) is 9.29. The van der Waals surface area contributed by atoms with Crippen LogP contribution in [-0.4, -0.2) is 92.3 Å². The number of nitrogens with zero attached hydrogens (tertiary/aromatic N) is 4. The summed E-state index contributed by atoms with van der Waals surface area (Å²) in [5, 5.41) is 10.5. The maximum Gasteiger partial charge on any atom is 0.326 e. The molecule has 43 heavy (non-hydrogen) atoms. The van der Waals surface area contributed by atoms with Crippen LogP contribution < -0.4 is 4.74 Å². The second-order valence-electron chi connectivity index (χ2n) is 10.5. The van der Waals surface area contributed by atoms with Crippen molar-refractivity contribution in [1.82, 2.24) is 14.7 Å². The number of ether oxygens (including phenoxy) is 1. The van der Waals surface area contributed by atoms with Crippen molar-refractivity contribution in [2.45, 2.75) is 23.9 Å². The molecule has 5 rings (SSSR count). The number of carbonyl (C=O) groups excluding carboxylic acids is 1. The Labute approximate surface area is 262 Å². The number of amidine groups is 1. The topological polar surface area (TPSA) is 103 Å². The van der Waals surface area contributed by atoms with Crippen molar-refractivity contribution in [3.05, 3.63) is 93.5 Å². The van der Waals surface area contributed by atoms with E-state index in [1.54, 1.807) is 40.1 Å². The predicted octanol–water partition coefficient (Wildman–Crippen LogP) is 5.07. The molecule has 2 heterocycles. The van der Waals surface area contributed by atoms with Crippen molar-refractivity contribution in [3.63, 3.8) is 0 Å². The summed E-state index contributed by atoms with van der Waals surface area (Å²) in [6.45, 7) is 4.93. The lowest BCUT2D eigenvalue weighted by Crippen LogP contribution is -2.54. The fraction of sp³-hybridized carbons (Fsp3) is 0.355. The molecular formula is C31H34Cl2N4O5S. The Morgan fingerprint density at radius 3 is 2.12 bits per heavy atom. The molecule has 1 N–H and O–H groups in total. The van der Waals surface area contributed by atoms with Crippen LogP contribution >= 0.6 is 23.2 Å². The summed E-state index contributed by atoms with van der Waals surface area (Å²) in [5.41, 5.74) is 2.20. The predicted molar refractivity (Wildman–Crippen MR) is 168 cm³/mol. The summed E-state index contributed by atoms with van der Waals surface area (Å²) in [5.74, 6) is 0.701. The van der Waals surface area contributed by atoms with Gasteiger partial charge in [-0.15, -0.1) is 0 Å². The number of sulfone groups is 1. The zero-order valence-corrected chi connectivity index (χ0v) is 26.3. The van der Waals surface area contributed by atoms with E-state index < -0.39 is 21.9 Å². The SMILES string of the molecule is CCOc1cc(S(C)(=O)=O)ccc1C1=NC(c2ccc(Cl)cc2)C(c2ccc(Cl)cc2)N1C(=O)N1CCN(CCO)CC1. The second-order valence-corrected chi connectivity index (χ2v) is 13.4. The first-order chi connectivity index (χ1) is 20.6. The number of halogens is 2. The second kappa shape index (κ2) is 13.2. The van der Waals surface area contributed by atoms with Crippen LogP contribution in [0.1, 0.15) is 35.7 Å².